The molecule has 84 valence electrons. The summed E-state index contributed by atoms with van der Waals surface area (Å²) in [6.07, 6.45) is 1.63. The Balaban J connectivity index is 2.26. The number of anilines is 1. The molecule has 0 amide bonds. The molecule has 0 aliphatic heterocycles. The van der Waals surface area contributed by atoms with Crippen molar-refractivity contribution in [3.05, 3.63) is 42.1 Å². The van der Waals surface area contributed by atoms with Crippen LogP contribution in [0.2, 0.25) is 0 Å². The van der Waals surface area contributed by atoms with Gasteiger partial charge in [0.1, 0.15) is 0 Å². The third-order valence-electron chi connectivity index (χ3n) is 2.70. The molecule has 1 aromatic carbocycles. The molecule has 0 aliphatic rings. The molecule has 0 aliphatic carbocycles. The number of fused-ring (bicyclic) bond motifs is 1. The van der Waals surface area contributed by atoms with E-state index in [1.807, 2.05) is 31.2 Å². The average Bonchev–Trinajstić information content (AvgIpc) is 2.75. The van der Waals surface area contributed by atoms with Crippen molar-refractivity contribution < 1.29 is 4.42 Å². The Morgan fingerprint density at radius 3 is 2.76 bits per heavy atom. The van der Waals surface area contributed by atoms with Crippen LogP contribution in [0.15, 0.2) is 40.9 Å². The molecule has 0 unspecified atom stereocenters. The van der Waals surface area contributed by atoms with Crippen LogP contribution in [0.3, 0.4) is 0 Å². The number of benzene rings is 1. The standard InChI is InChI=1S/C13H11N3O/c1-8-4-2-3-5-9(8)13-16-12-11(17-13)10(14)6-7-15-12/h2-7H,1H3,(H2,14,15). The molecule has 0 radical (unpaired) electrons. The first-order valence-electron chi connectivity index (χ1n) is 5.33. The van der Waals surface area contributed by atoms with E-state index in [1.54, 1.807) is 12.3 Å². The SMILES string of the molecule is Cc1ccccc1-c1nc2nccc(N)c2o1. The topological polar surface area (TPSA) is 64.9 Å². The number of nitrogens with zero attached hydrogens (tertiary/aromatic N) is 2. The second-order valence-corrected chi connectivity index (χ2v) is 3.89. The minimum atomic E-state index is 0.545. The lowest BCUT2D eigenvalue weighted by Crippen LogP contribution is -1.85. The normalized spacial score (nSPS) is 10.9. The maximum absolute atomic E-state index is 5.81. The zero-order chi connectivity index (χ0) is 11.8. The summed E-state index contributed by atoms with van der Waals surface area (Å²) in [5, 5.41) is 0. The number of nitrogen functional groups attached to an aromatic ring is 1. The van der Waals surface area contributed by atoms with Crippen LogP contribution in [0.5, 0.6) is 0 Å². The number of rotatable bonds is 1. The van der Waals surface area contributed by atoms with E-state index in [1.165, 1.54) is 0 Å². The molecule has 0 saturated heterocycles. The molecule has 17 heavy (non-hydrogen) atoms. The van der Waals surface area contributed by atoms with Gasteiger partial charge in [0.2, 0.25) is 11.5 Å². The Morgan fingerprint density at radius 2 is 2.00 bits per heavy atom. The van der Waals surface area contributed by atoms with Gasteiger partial charge in [-0.25, -0.2) is 4.98 Å². The van der Waals surface area contributed by atoms with E-state index < -0.39 is 0 Å². The number of nitrogens with two attached hydrogens (primary N) is 1. The number of hydrogen-bond donors (Lipinski definition) is 1. The summed E-state index contributed by atoms with van der Waals surface area (Å²) in [5.74, 6) is 0.559. The number of aromatic nitrogens is 2. The van der Waals surface area contributed by atoms with Crippen LogP contribution >= 0.6 is 0 Å². The Bertz CT molecular complexity index is 688. The van der Waals surface area contributed by atoms with E-state index in [2.05, 4.69) is 9.97 Å². The van der Waals surface area contributed by atoms with E-state index in [-0.39, 0.29) is 0 Å². The summed E-state index contributed by atoms with van der Waals surface area (Å²) in [4.78, 5) is 8.48. The van der Waals surface area contributed by atoms with Crippen LogP contribution in [0.25, 0.3) is 22.7 Å². The van der Waals surface area contributed by atoms with Crippen molar-refractivity contribution in [1.82, 2.24) is 9.97 Å². The Morgan fingerprint density at radius 1 is 1.18 bits per heavy atom. The van der Waals surface area contributed by atoms with Gasteiger partial charge < -0.3 is 10.2 Å². The van der Waals surface area contributed by atoms with Gasteiger partial charge in [0.05, 0.1) is 5.69 Å². The molecule has 0 fully saturated rings. The fourth-order valence-corrected chi connectivity index (χ4v) is 1.78. The van der Waals surface area contributed by atoms with Gasteiger partial charge in [0.25, 0.3) is 0 Å². The largest absolute Gasteiger partial charge is 0.432 e. The van der Waals surface area contributed by atoms with Crippen LogP contribution in [0, 0.1) is 6.92 Å². The Labute approximate surface area is 98.1 Å². The first-order chi connectivity index (χ1) is 8.25. The first-order valence-corrected chi connectivity index (χ1v) is 5.33. The van der Waals surface area contributed by atoms with E-state index in [4.69, 9.17) is 10.2 Å². The van der Waals surface area contributed by atoms with Gasteiger partial charge in [0.15, 0.2) is 5.58 Å². The summed E-state index contributed by atoms with van der Waals surface area (Å²) < 4.78 is 5.67. The molecule has 4 heteroatoms. The van der Waals surface area contributed by atoms with Crippen molar-refractivity contribution in [2.24, 2.45) is 0 Å². The van der Waals surface area contributed by atoms with Crippen LogP contribution in [0.1, 0.15) is 5.56 Å². The molecule has 2 N–H and O–H groups in total. The fraction of sp³-hybridized carbons (Fsp3) is 0.0769. The van der Waals surface area contributed by atoms with Gasteiger partial charge in [-0.3, -0.25) is 0 Å². The van der Waals surface area contributed by atoms with E-state index in [9.17, 15) is 0 Å². The van der Waals surface area contributed by atoms with Crippen molar-refractivity contribution in [3.63, 3.8) is 0 Å². The lowest BCUT2D eigenvalue weighted by atomic mass is 10.1. The first kappa shape index (κ1) is 9.84. The summed E-state index contributed by atoms with van der Waals surface area (Å²) in [6, 6.07) is 9.62. The van der Waals surface area contributed by atoms with Crippen LogP contribution < -0.4 is 5.73 Å². The molecular formula is C13H11N3O. The van der Waals surface area contributed by atoms with Crippen molar-refractivity contribution in [3.8, 4) is 11.5 Å². The van der Waals surface area contributed by atoms with Gasteiger partial charge in [-0.15, -0.1) is 0 Å². The lowest BCUT2D eigenvalue weighted by molar-refractivity contribution is 0.620. The molecule has 0 spiro atoms. The van der Waals surface area contributed by atoms with E-state index in [0.717, 1.165) is 11.1 Å². The highest BCUT2D eigenvalue weighted by Crippen LogP contribution is 2.28. The van der Waals surface area contributed by atoms with Crippen LogP contribution in [0.4, 0.5) is 5.69 Å². The molecule has 0 saturated carbocycles. The van der Waals surface area contributed by atoms with Gasteiger partial charge in [0, 0.05) is 11.8 Å². The Kier molecular flexibility index (Phi) is 2.08. The van der Waals surface area contributed by atoms with Crippen LogP contribution in [-0.4, -0.2) is 9.97 Å². The maximum Gasteiger partial charge on any atom is 0.229 e. The Hall–Kier alpha value is -2.36. The van der Waals surface area contributed by atoms with Crippen molar-refractivity contribution in [1.29, 1.82) is 0 Å². The molecule has 0 bridgehead atoms. The van der Waals surface area contributed by atoms with Gasteiger partial charge in [-0.2, -0.15) is 4.98 Å². The smallest absolute Gasteiger partial charge is 0.229 e. The lowest BCUT2D eigenvalue weighted by Gasteiger charge is -1.98. The van der Waals surface area contributed by atoms with Crippen LogP contribution in [-0.2, 0) is 0 Å². The number of aryl methyl sites for hydroxylation is 1. The fourth-order valence-electron chi connectivity index (χ4n) is 1.78. The van der Waals surface area contributed by atoms with Crippen molar-refractivity contribution in [2.45, 2.75) is 6.92 Å². The summed E-state index contributed by atoms with van der Waals surface area (Å²) in [7, 11) is 0. The summed E-state index contributed by atoms with van der Waals surface area (Å²) >= 11 is 0. The number of pyridine rings is 1. The van der Waals surface area contributed by atoms with Gasteiger partial charge in [-0.1, -0.05) is 18.2 Å². The molecule has 4 nitrogen and oxygen atoms in total. The number of hydrogen-bond acceptors (Lipinski definition) is 4. The third-order valence-corrected chi connectivity index (χ3v) is 2.70. The third kappa shape index (κ3) is 1.54. The highest BCUT2D eigenvalue weighted by molar-refractivity contribution is 5.83. The molecule has 2 aromatic heterocycles. The minimum absolute atomic E-state index is 0.545. The molecule has 3 aromatic rings. The predicted octanol–water partition coefficient (Wildman–Crippen LogP) is 2.78. The quantitative estimate of drug-likeness (QED) is 0.691. The summed E-state index contributed by atoms with van der Waals surface area (Å²) in [6.45, 7) is 2.01. The highest BCUT2D eigenvalue weighted by atomic mass is 16.3. The molecular weight excluding hydrogens is 214 g/mol. The monoisotopic (exact) mass is 225 g/mol. The van der Waals surface area contributed by atoms with E-state index >= 15 is 0 Å². The van der Waals surface area contributed by atoms with E-state index in [0.29, 0.717) is 22.8 Å². The second kappa shape index (κ2) is 3.59. The predicted molar refractivity (Wildman–Crippen MR) is 66.4 cm³/mol. The van der Waals surface area contributed by atoms with Crippen molar-refractivity contribution >= 4 is 16.9 Å². The zero-order valence-electron chi connectivity index (χ0n) is 9.34. The van der Waals surface area contributed by atoms with Gasteiger partial charge in [-0.05, 0) is 24.6 Å². The molecule has 3 rings (SSSR count). The summed E-state index contributed by atoms with van der Waals surface area (Å²) in [5.41, 5.74) is 9.53. The molecule has 0 atom stereocenters. The minimum Gasteiger partial charge on any atom is -0.432 e. The number of oxazole rings is 1. The zero-order valence-corrected chi connectivity index (χ0v) is 9.34. The van der Waals surface area contributed by atoms with Crippen molar-refractivity contribution in [2.75, 3.05) is 5.73 Å². The van der Waals surface area contributed by atoms with Gasteiger partial charge >= 0.3 is 0 Å². The highest BCUT2D eigenvalue weighted by Gasteiger charge is 2.12. The second-order valence-electron chi connectivity index (χ2n) is 3.89. The maximum atomic E-state index is 5.81. The average molecular weight is 225 g/mol. The molecule has 2 heterocycles.